The van der Waals surface area contributed by atoms with Crippen molar-refractivity contribution < 1.29 is 27.4 Å². The van der Waals surface area contributed by atoms with E-state index in [4.69, 9.17) is 9.47 Å². The van der Waals surface area contributed by atoms with Crippen LogP contribution in [0, 0.1) is 0 Å². The average molecular weight is 431 g/mol. The molecule has 0 spiro atoms. The Labute approximate surface area is 176 Å². The van der Waals surface area contributed by atoms with Gasteiger partial charge in [-0.2, -0.15) is 18.3 Å². The standard InChI is InChI=1S/C22H20F3N3O3/c1-30-16-9-14(10-17(11-16)31-2)21(29)26-20-18(12-3-4-12)27-28-19(20)13-5-7-15(8-6-13)22(23,24)25/h5-12H,3-4H2,1-2H3,(H,26,29)(H,27,28). The molecule has 0 saturated heterocycles. The number of hydrogen-bond donors (Lipinski definition) is 2. The Morgan fingerprint density at radius 3 is 2.19 bits per heavy atom. The van der Waals surface area contributed by atoms with E-state index < -0.39 is 17.6 Å². The largest absolute Gasteiger partial charge is 0.497 e. The molecular weight excluding hydrogens is 411 g/mol. The minimum absolute atomic E-state index is 0.228. The molecule has 0 bridgehead atoms. The summed E-state index contributed by atoms with van der Waals surface area (Å²) in [6, 6.07) is 9.50. The zero-order valence-electron chi connectivity index (χ0n) is 16.8. The van der Waals surface area contributed by atoms with E-state index in [2.05, 4.69) is 15.5 Å². The number of amides is 1. The molecule has 0 radical (unpaired) electrons. The van der Waals surface area contributed by atoms with Gasteiger partial charge < -0.3 is 14.8 Å². The summed E-state index contributed by atoms with van der Waals surface area (Å²) in [4.78, 5) is 13.0. The number of alkyl halides is 3. The van der Waals surface area contributed by atoms with Gasteiger partial charge in [-0.3, -0.25) is 9.89 Å². The molecule has 0 unspecified atom stereocenters. The maximum atomic E-state index is 13.0. The number of anilines is 1. The molecule has 3 aromatic rings. The first kappa shape index (κ1) is 20.8. The SMILES string of the molecule is COc1cc(OC)cc(C(=O)Nc2c(-c3ccc(C(F)(F)F)cc3)n[nH]c2C2CC2)c1. The number of carbonyl (C=O) groups excluding carboxylic acids is 1. The van der Waals surface area contributed by atoms with E-state index in [0.29, 0.717) is 34.0 Å². The number of hydrogen-bond acceptors (Lipinski definition) is 4. The van der Waals surface area contributed by atoms with Crippen LogP contribution < -0.4 is 14.8 Å². The normalized spacial score (nSPS) is 13.7. The molecule has 1 aliphatic carbocycles. The Balaban J connectivity index is 1.68. The van der Waals surface area contributed by atoms with E-state index in [1.807, 2.05) is 0 Å². The van der Waals surface area contributed by atoms with Crippen molar-refractivity contribution in [3.63, 3.8) is 0 Å². The van der Waals surface area contributed by atoms with Gasteiger partial charge in [-0.25, -0.2) is 0 Å². The first-order chi connectivity index (χ1) is 14.8. The smallest absolute Gasteiger partial charge is 0.416 e. The maximum Gasteiger partial charge on any atom is 0.416 e. The van der Waals surface area contributed by atoms with Crippen molar-refractivity contribution in [1.82, 2.24) is 10.2 Å². The van der Waals surface area contributed by atoms with Gasteiger partial charge in [0.15, 0.2) is 0 Å². The van der Waals surface area contributed by atoms with Crippen LogP contribution in [0.3, 0.4) is 0 Å². The summed E-state index contributed by atoms with van der Waals surface area (Å²) >= 11 is 0. The number of rotatable bonds is 6. The number of halogens is 3. The van der Waals surface area contributed by atoms with Gasteiger partial charge in [0.1, 0.15) is 17.2 Å². The van der Waals surface area contributed by atoms with Crippen LogP contribution in [-0.2, 0) is 6.18 Å². The maximum absolute atomic E-state index is 13.0. The number of aromatic amines is 1. The van der Waals surface area contributed by atoms with E-state index in [-0.39, 0.29) is 5.92 Å². The summed E-state index contributed by atoms with van der Waals surface area (Å²) in [5, 5.41) is 10.1. The van der Waals surface area contributed by atoms with E-state index in [9.17, 15) is 18.0 Å². The van der Waals surface area contributed by atoms with E-state index in [1.165, 1.54) is 26.4 Å². The Morgan fingerprint density at radius 1 is 1.06 bits per heavy atom. The molecule has 0 atom stereocenters. The van der Waals surface area contributed by atoms with Crippen molar-refractivity contribution in [2.24, 2.45) is 0 Å². The van der Waals surface area contributed by atoms with Crippen LogP contribution in [-0.4, -0.2) is 30.3 Å². The molecule has 2 N–H and O–H groups in total. The van der Waals surface area contributed by atoms with E-state index in [0.717, 1.165) is 30.7 Å². The minimum atomic E-state index is -4.42. The number of carbonyl (C=O) groups is 1. The summed E-state index contributed by atoms with van der Waals surface area (Å²) in [6.07, 6.45) is -2.53. The van der Waals surface area contributed by atoms with Crippen molar-refractivity contribution in [1.29, 1.82) is 0 Å². The van der Waals surface area contributed by atoms with Gasteiger partial charge in [0.05, 0.1) is 31.2 Å². The number of nitrogens with one attached hydrogen (secondary N) is 2. The number of nitrogens with zero attached hydrogens (tertiary/aromatic N) is 1. The molecule has 1 amide bonds. The summed E-state index contributed by atoms with van der Waals surface area (Å²) in [5.74, 6) is 0.739. The second-order valence-corrected chi connectivity index (χ2v) is 7.27. The number of aromatic nitrogens is 2. The van der Waals surface area contributed by atoms with Crippen LogP contribution in [0.1, 0.15) is 40.4 Å². The highest BCUT2D eigenvalue weighted by Gasteiger charge is 2.32. The van der Waals surface area contributed by atoms with E-state index in [1.54, 1.807) is 18.2 Å². The molecule has 1 aliphatic rings. The van der Waals surface area contributed by atoms with Gasteiger partial charge in [0.25, 0.3) is 5.91 Å². The molecule has 1 fully saturated rings. The Bertz CT molecular complexity index is 1080. The number of methoxy groups -OCH3 is 2. The first-order valence-electron chi connectivity index (χ1n) is 9.60. The molecule has 31 heavy (non-hydrogen) atoms. The summed E-state index contributed by atoms with van der Waals surface area (Å²) in [7, 11) is 2.97. The van der Waals surface area contributed by atoms with Gasteiger partial charge in [-0.05, 0) is 37.1 Å². The van der Waals surface area contributed by atoms with Gasteiger partial charge in [0, 0.05) is 23.1 Å². The summed E-state index contributed by atoms with van der Waals surface area (Å²) < 4.78 is 49.1. The Kier molecular flexibility index (Phi) is 5.34. The fourth-order valence-electron chi connectivity index (χ4n) is 3.30. The lowest BCUT2D eigenvalue weighted by atomic mass is 10.1. The Hall–Kier alpha value is -3.49. The fraction of sp³-hybridized carbons (Fsp3) is 0.273. The van der Waals surface area contributed by atoms with Gasteiger partial charge in [0.2, 0.25) is 0 Å². The number of benzene rings is 2. The molecular formula is C22H20F3N3O3. The highest BCUT2D eigenvalue weighted by molar-refractivity contribution is 6.07. The van der Waals surface area contributed by atoms with Crippen LogP contribution in [0.2, 0.25) is 0 Å². The molecule has 2 aromatic carbocycles. The molecule has 9 heteroatoms. The highest BCUT2D eigenvalue weighted by atomic mass is 19.4. The lowest BCUT2D eigenvalue weighted by molar-refractivity contribution is -0.137. The van der Waals surface area contributed by atoms with Gasteiger partial charge in [-0.15, -0.1) is 0 Å². The lowest BCUT2D eigenvalue weighted by Crippen LogP contribution is -2.13. The summed E-state index contributed by atoms with van der Waals surface area (Å²) in [6.45, 7) is 0. The van der Waals surface area contributed by atoms with E-state index >= 15 is 0 Å². The molecule has 1 heterocycles. The highest BCUT2D eigenvalue weighted by Crippen LogP contribution is 2.45. The van der Waals surface area contributed by atoms with Crippen LogP contribution in [0.5, 0.6) is 11.5 Å². The molecule has 6 nitrogen and oxygen atoms in total. The third-order valence-electron chi connectivity index (χ3n) is 5.12. The molecule has 0 aliphatic heterocycles. The minimum Gasteiger partial charge on any atom is -0.497 e. The van der Waals surface area contributed by atoms with Crippen molar-refractivity contribution in [3.8, 4) is 22.8 Å². The number of H-pyrrole nitrogens is 1. The molecule has 1 aromatic heterocycles. The van der Waals surface area contributed by atoms with Crippen molar-refractivity contribution in [2.45, 2.75) is 24.9 Å². The zero-order chi connectivity index (χ0) is 22.2. The van der Waals surface area contributed by atoms with Gasteiger partial charge >= 0.3 is 6.18 Å². The fourth-order valence-corrected chi connectivity index (χ4v) is 3.30. The predicted octanol–water partition coefficient (Wildman–Crippen LogP) is 5.24. The predicted molar refractivity (Wildman–Crippen MR) is 108 cm³/mol. The quantitative estimate of drug-likeness (QED) is 0.560. The zero-order valence-corrected chi connectivity index (χ0v) is 16.8. The average Bonchev–Trinajstić information content (AvgIpc) is 3.53. The van der Waals surface area contributed by atoms with Crippen molar-refractivity contribution >= 4 is 11.6 Å². The van der Waals surface area contributed by atoms with Gasteiger partial charge in [-0.1, -0.05) is 12.1 Å². The third-order valence-corrected chi connectivity index (χ3v) is 5.12. The van der Waals surface area contributed by atoms with Crippen LogP contribution >= 0.6 is 0 Å². The first-order valence-corrected chi connectivity index (χ1v) is 9.60. The van der Waals surface area contributed by atoms with Crippen LogP contribution in [0.15, 0.2) is 42.5 Å². The van der Waals surface area contributed by atoms with Crippen LogP contribution in [0.25, 0.3) is 11.3 Å². The van der Waals surface area contributed by atoms with Crippen molar-refractivity contribution in [2.75, 3.05) is 19.5 Å². The van der Waals surface area contributed by atoms with Crippen molar-refractivity contribution in [3.05, 3.63) is 59.3 Å². The Morgan fingerprint density at radius 2 is 1.68 bits per heavy atom. The second kappa shape index (κ2) is 7.98. The second-order valence-electron chi connectivity index (χ2n) is 7.27. The number of ether oxygens (including phenoxy) is 2. The van der Waals surface area contributed by atoms with Crippen LogP contribution in [0.4, 0.5) is 18.9 Å². The monoisotopic (exact) mass is 431 g/mol. The lowest BCUT2D eigenvalue weighted by Gasteiger charge is -2.11. The molecule has 4 rings (SSSR count). The topological polar surface area (TPSA) is 76.2 Å². The third kappa shape index (κ3) is 4.35. The summed E-state index contributed by atoms with van der Waals surface area (Å²) in [5.41, 5.74) is 1.65. The molecule has 162 valence electrons. The molecule has 1 saturated carbocycles.